The van der Waals surface area contributed by atoms with Crippen molar-refractivity contribution in [3.63, 3.8) is 0 Å². The summed E-state index contributed by atoms with van der Waals surface area (Å²) in [5.74, 6) is -0.924. The fourth-order valence-electron chi connectivity index (χ4n) is 4.91. The molecule has 1 amide bonds. The molecule has 1 N–H and O–H groups in total. The van der Waals surface area contributed by atoms with Gasteiger partial charge in [-0.2, -0.15) is 0 Å². The fraction of sp³-hybridized carbons (Fsp3) is 0.370. The number of amides is 1. The summed E-state index contributed by atoms with van der Waals surface area (Å²) in [6.45, 7) is 4.64. The number of piperidine rings is 1. The second-order valence-electron chi connectivity index (χ2n) is 8.95. The summed E-state index contributed by atoms with van der Waals surface area (Å²) >= 11 is 12.7. The third-order valence-electron chi connectivity index (χ3n) is 6.67. The molecule has 184 valence electrons. The highest BCUT2D eigenvalue weighted by molar-refractivity contribution is 6.34. The number of hydrogen-bond donors (Lipinski definition) is 1. The summed E-state index contributed by atoms with van der Waals surface area (Å²) in [6.07, 6.45) is 1.43. The number of carbonyl (C=O) groups is 2. The molecule has 8 heteroatoms. The van der Waals surface area contributed by atoms with Gasteiger partial charge in [0.1, 0.15) is 10.9 Å². The van der Waals surface area contributed by atoms with Crippen LogP contribution in [0.2, 0.25) is 10.2 Å². The molecular weight excluding hydrogens is 487 g/mol. The van der Waals surface area contributed by atoms with Crippen LogP contribution in [-0.4, -0.2) is 46.1 Å². The standard InChI is InChI=1S/C27H28Cl2N2O4/c1-3-19(27(33)34)17-7-6-12-31(15-17)26(32)16(2)35-18-10-11-21-22(14-25(29)30-24(21)13-18)20-8-4-5-9-23(20)28/h4-5,8-11,13-14,16-17,19H,3,6-7,12,15H2,1-2H3,(H,33,34)/t16-,17+,19?/m1/s1. The molecule has 0 aliphatic carbocycles. The molecule has 0 radical (unpaired) electrons. The Bertz CT molecular complexity index is 1250. The molecule has 4 rings (SSSR count). The molecule has 0 bridgehead atoms. The maximum absolute atomic E-state index is 13.1. The minimum absolute atomic E-state index is 0.0438. The summed E-state index contributed by atoms with van der Waals surface area (Å²) in [6, 6.07) is 14.8. The Labute approximate surface area is 214 Å². The number of aliphatic carboxylic acids is 1. The lowest BCUT2D eigenvalue weighted by molar-refractivity contribution is -0.148. The Balaban J connectivity index is 1.53. The predicted molar refractivity (Wildman–Crippen MR) is 138 cm³/mol. The van der Waals surface area contributed by atoms with Gasteiger partial charge in [-0.05, 0) is 61.9 Å². The van der Waals surface area contributed by atoms with Crippen molar-refractivity contribution in [3.8, 4) is 16.9 Å². The van der Waals surface area contributed by atoms with Crippen molar-refractivity contribution < 1.29 is 19.4 Å². The number of nitrogens with zero attached hydrogens (tertiary/aromatic N) is 2. The van der Waals surface area contributed by atoms with E-state index in [1.165, 1.54) is 0 Å². The van der Waals surface area contributed by atoms with E-state index in [4.69, 9.17) is 27.9 Å². The fourth-order valence-corrected chi connectivity index (χ4v) is 5.35. The van der Waals surface area contributed by atoms with Gasteiger partial charge in [0.25, 0.3) is 5.91 Å². The third kappa shape index (κ3) is 5.54. The number of carbonyl (C=O) groups excluding carboxylic acids is 1. The van der Waals surface area contributed by atoms with Gasteiger partial charge >= 0.3 is 5.97 Å². The van der Waals surface area contributed by atoms with Gasteiger partial charge in [0, 0.05) is 35.1 Å². The SMILES string of the molecule is CCC(C(=O)O)[C@H]1CCCN(C(=O)[C@@H](C)Oc2ccc3c(-c4ccccc4Cl)cc(Cl)nc3c2)C1. The topological polar surface area (TPSA) is 79.7 Å². The number of carboxylic acid groups (broad SMARTS) is 1. The number of benzene rings is 2. The normalized spacial score (nSPS) is 17.7. The number of hydrogen-bond acceptors (Lipinski definition) is 4. The van der Waals surface area contributed by atoms with E-state index in [0.717, 1.165) is 29.4 Å². The van der Waals surface area contributed by atoms with Gasteiger partial charge in [-0.3, -0.25) is 9.59 Å². The van der Waals surface area contributed by atoms with Crippen molar-refractivity contribution in [1.82, 2.24) is 9.88 Å². The first kappa shape index (κ1) is 25.3. The molecule has 2 heterocycles. The molecule has 1 unspecified atom stereocenters. The lowest BCUT2D eigenvalue weighted by Crippen LogP contribution is -2.47. The molecule has 3 atom stereocenters. The summed E-state index contributed by atoms with van der Waals surface area (Å²) in [4.78, 5) is 30.9. The van der Waals surface area contributed by atoms with Crippen LogP contribution in [0.3, 0.4) is 0 Å². The molecule has 0 spiro atoms. The lowest BCUT2D eigenvalue weighted by atomic mass is 9.83. The Morgan fingerprint density at radius 2 is 1.94 bits per heavy atom. The van der Waals surface area contributed by atoms with Crippen LogP contribution in [0.1, 0.15) is 33.1 Å². The van der Waals surface area contributed by atoms with Crippen molar-refractivity contribution in [2.75, 3.05) is 13.1 Å². The first-order valence-corrected chi connectivity index (χ1v) is 12.6. The molecule has 1 saturated heterocycles. The molecule has 3 aromatic rings. The van der Waals surface area contributed by atoms with Crippen LogP contribution < -0.4 is 4.74 Å². The Hall–Kier alpha value is -2.83. The van der Waals surface area contributed by atoms with Gasteiger partial charge in [0.15, 0.2) is 6.10 Å². The van der Waals surface area contributed by atoms with Crippen molar-refractivity contribution in [3.05, 3.63) is 58.7 Å². The van der Waals surface area contributed by atoms with Crippen molar-refractivity contribution in [2.24, 2.45) is 11.8 Å². The number of rotatable bonds is 7. The van der Waals surface area contributed by atoms with Crippen LogP contribution in [0.15, 0.2) is 48.5 Å². The Morgan fingerprint density at radius 3 is 2.66 bits per heavy atom. The van der Waals surface area contributed by atoms with Crippen LogP contribution in [-0.2, 0) is 9.59 Å². The Kier molecular flexibility index (Phi) is 7.82. The number of halogens is 2. The van der Waals surface area contributed by atoms with Crippen LogP contribution in [0.5, 0.6) is 5.75 Å². The number of ether oxygens (including phenoxy) is 1. The molecule has 6 nitrogen and oxygen atoms in total. The zero-order valence-electron chi connectivity index (χ0n) is 19.7. The number of likely N-dealkylation sites (tertiary alicyclic amines) is 1. The quantitative estimate of drug-likeness (QED) is 0.372. The minimum Gasteiger partial charge on any atom is -0.481 e. The first-order valence-electron chi connectivity index (χ1n) is 11.8. The van der Waals surface area contributed by atoms with Gasteiger partial charge < -0.3 is 14.7 Å². The largest absolute Gasteiger partial charge is 0.481 e. The third-order valence-corrected chi connectivity index (χ3v) is 7.19. The number of aromatic nitrogens is 1. The van der Waals surface area contributed by atoms with Crippen molar-refractivity contribution in [1.29, 1.82) is 0 Å². The summed E-state index contributed by atoms with van der Waals surface area (Å²) in [7, 11) is 0. The van der Waals surface area contributed by atoms with Gasteiger partial charge in [-0.1, -0.05) is 48.3 Å². The van der Waals surface area contributed by atoms with Crippen LogP contribution in [0.25, 0.3) is 22.0 Å². The highest BCUT2D eigenvalue weighted by atomic mass is 35.5. The van der Waals surface area contributed by atoms with Crippen molar-refractivity contribution >= 4 is 46.0 Å². The molecule has 1 fully saturated rings. The monoisotopic (exact) mass is 514 g/mol. The van der Waals surface area contributed by atoms with Gasteiger partial charge in [0.05, 0.1) is 11.4 Å². The van der Waals surface area contributed by atoms with Crippen LogP contribution in [0.4, 0.5) is 0 Å². The number of fused-ring (bicyclic) bond motifs is 1. The smallest absolute Gasteiger partial charge is 0.306 e. The molecule has 1 aromatic heterocycles. The average molecular weight is 515 g/mol. The highest BCUT2D eigenvalue weighted by Gasteiger charge is 2.34. The van der Waals surface area contributed by atoms with Gasteiger partial charge in [-0.15, -0.1) is 0 Å². The Morgan fingerprint density at radius 1 is 1.17 bits per heavy atom. The van der Waals surface area contributed by atoms with E-state index in [1.807, 2.05) is 37.3 Å². The molecule has 35 heavy (non-hydrogen) atoms. The summed E-state index contributed by atoms with van der Waals surface area (Å²) < 4.78 is 6.00. The summed E-state index contributed by atoms with van der Waals surface area (Å²) in [5, 5.41) is 11.3. The van der Waals surface area contributed by atoms with Crippen LogP contribution in [0, 0.1) is 11.8 Å². The summed E-state index contributed by atoms with van der Waals surface area (Å²) in [5.41, 5.74) is 2.35. The molecule has 1 aliphatic heterocycles. The van der Waals surface area contributed by atoms with Gasteiger partial charge in [-0.25, -0.2) is 4.98 Å². The van der Waals surface area contributed by atoms with Gasteiger partial charge in [0.2, 0.25) is 0 Å². The van der Waals surface area contributed by atoms with Crippen LogP contribution >= 0.6 is 23.2 Å². The number of carboxylic acids is 1. The average Bonchev–Trinajstić information content (AvgIpc) is 2.83. The maximum Gasteiger partial charge on any atom is 0.306 e. The highest BCUT2D eigenvalue weighted by Crippen LogP contribution is 2.36. The molecule has 0 saturated carbocycles. The minimum atomic E-state index is -0.797. The molecule has 2 aromatic carbocycles. The second-order valence-corrected chi connectivity index (χ2v) is 9.75. The predicted octanol–water partition coefficient (Wildman–Crippen LogP) is 6.33. The molecular formula is C27H28Cl2N2O4. The second kappa shape index (κ2) is 10.8. The van der Waals surface area contributed by atoms with E-state index in [9.17, 15) is 14.7 Å². The van der Waals surface area contributed by atoms with Crippen molar-refractivity contribution in [2.45, 2.75) is 39.2 Å². The van der Waals surface area contributed by atoms with E-state index >= 15 is 0 Å². The lowest BCUT2D eigenvalue weighted by Gasteiger charge is -2.36. The zero-order chi connectivity index (χ0) is 25.1. The van der Waals surface area contributed by atoms with E-state index in [0.29, 0.717) is 41.0 Å². The number of pyridine rings is 1. The van der Waals surface area contributed by atoms with E-state index in [2.05, 4.69) is 4.98 Å². The van der Waals surface area contributed by atoms with E-state index < -0.39 is 18.0 Å². The zero-order valence-corrected chi connectivity index (χ0v) is 21.2. The van der Waals surface area contributed by atoms with E-state index in [1.54, 1.807) is 30.0 Å². The first-order chi connectivity index (χ1) is 16.8. The molecule has 1 aliphatic rings. The van der Waals surface area contributed by atoms with E-state index in [-0.39, 0.29) is 11.8 Å². The maximum atomic E-state index is 13.1.